The first-order chi connectivity index (χ1) is 18.5. The highest BCUT2D eigenvalue weighted by Gasteiger charge is 2.41. The predicted molar refractivity (Wildman–Crippen MR) is 162 cm³/mol. The van der Waals surface area contributed by atoms with Gasteiger partial charge in [-0.1, -0.05) is 109 Å². The molecular formula is C33H47N3O4. The molecule has 3 N–H and O–H groups in total. The highest BCUT2D eigenvalue weighted by molar-refractivity contribution is 5.91. The van der Waals surface area contributed by atoms with E-state index in [2.05, 4.69) is 34.9 Å². The van der Waals surface area contributed by atoms with Gasteiger partial charge in [-0.25, -0.2) is 4.79 Å². The molecule has 0 unspecified atom stereocenters. The summed E-state index contributed by atoms with van der Waals surface area (Å²) in [5.41, 5.74) is 2.12. The number of aliphatic carboxylic acids is 1. The van der Waals surface area contributed by atoms with Crippen LogP contribution in [-0.4, -0.2) is 60.0 Å². The van der Waals surface area contributed by atoms with Crippen molar-refractivity contribution in [3.05, 3.63) is 71.8 Å². The summed E-state index contributed by atoms with van der Waals surface area (Å²) >= 11 is 0. The molecule has 0 spiro atoms. The molecule has 218 valence electrons. The van der Waals surface area contributed by atoms with E-state index in [0.29, 0.717) is 0 Å². The first kappa shape index (κ1) is 32.8. The Morgan fingerprint density at radius 1 is 0.900 bits per heavy atom. The number of rotatable bonds is 11. The molecule has 0 aliphatic rings. The number of amides is 2. The number of carbonyl (C=O) groups excluding carboxylic acids is 2. The highest BCUT2D eigenvalue weighted by Crippen LogP contribution is 2.32. The lowest BCUT2D eigenvalue weighted by molar-refractivity contribution is -0.141. The molecule has 2 rings (SSSR count). The molecule has 0 bridgehead atoms. The van der Waals surface area contributed by atoms with Gasteiger partial charge in [-0.15, -0.1) is 0 Å². The fourth-order valence-corrected chi connectivity index (χ4v) is 5.02. The lowest BCUT2D eigenvalue weighted by Crippen LogP contribution is -2.61. The van der Waals surface area contributed by atoms with E-state index in [-0.39, 0.29) is 23.3 Å². The zero-order valence-corrected chi connectivity index (χ0v) is 25.7. The zero-order valence-electron chi connectivity index (χ0n) is 25.7. The van der Waals surface area contributed by atoms with Crippen LogP contribution in [0.2, 0.25) is 0 Å². The van der Waals surface area contributed by atoms with Gasteiger partial charge in [-0.3, -0.25) is 9.59 Å². The number of carboxylic acids is 1. The Hall–Kier alpha value is -3.45. The molecule has 40 heavy (non-hydrogen) atoms. The number of hydrogen-bond donors (Lipinski definition) is 3. The normalized spacial score (nSPS) is 14.8. The minimum absolute atomic E-state index is 0.0274. The molecule has 0 heterocycles. The SMILES string of the molecule is CN[C@H](C(=O)N[C@H](C(=O)N(C)[C@H](C=C(C)C(=O)O)C(C)C)C(C)(C)C)C(C)(C)c1cccc(-c2ccccc2)c1. The number of benzene rings is 2. The van der Waals surface area contributed by atoms with Crippen molar-refractivity contribution < 1.29 is 19.5 Å². The van der Waals surface area contributed by atoms with Crippen LogP contribution in [0, 0.1) is 11.3 Å². The maximum absolute atomic E-state index is 13.9. The smallest absolute Gasteiger partial charge is 0.331 e. The van der Waals surface area contributed by atoms with Crippen molar-refractivity contribution in [2.24, 2.45) is 11.3 Å². The molecule has 7 heteroatoms. The maximum Gasteiger partial charge on any atom is 0.331 e. The van der Waals surface area contributed by atoms with Crippen LogP contribution in [0.3, 0.4) is 0 Å². The van der Waals surface area contributed by atoms with Gasteiger partial charge in [-0.2, -0.15) is 0 Å². The molecule has 0 aliphatic heterocycles. The molecular weight excluding hydrogens is 502 g/mol. The summed E-state index contributed by atoms with van der Waals surface area (Å²) in [6, 6.07) is 16.4. The summed E-state index contributed by atoms with van der Waals surface area (Å²) in [7, 11) is 3.42. The lowest BCUT2D eigenvalue weighted by Gasteiger charge is -2.40. The average Bonchev–Trinajstić information content (AvgIpc) is 2.89. The number of carboxylic acid groups (broad SMARTS) is 1. The average molecular weight is 550 g/mol. The third-order valence-corrected chi connectivity index (χ3v) is 7.62. The predicted octanol–water partition coefficient (Wildman–Crippen LogP) is 5.26. The van der Waals surface area contributed by atoms with Gasteiger partial charge in [-0.05, 0) is 42.0 Å². The van der Waals surface area contributed by atoms with Crippen molar-refractivity contribution >= 4 is 17.8 Å². The van der Waals surface area contributed by atoms with Gasteiger partial charge >= 0.3 is 5.97 Å². The number of carbonyl (C=O) groups is 3. The fraction of sp³-hybridized carbons (Fsp3) is 0.485. The van der Waals surface area contributed by atoms with Crippen LogP contribution in [0.25, 0.3) is 11.1 Å². The summed E-state index contributed by atoms with van der Waals surface area (Å²) in [4.78, 5) is 40.8. The summed E-state index contributed by atoms with van der Waals surface area (Å²) in [5, 5.41) is 15.6. The van der Waals surface area contributed by atoms with E-state index in [1.807, 2.05) is 78.8 Å². The third-order valence-electron chi connectivity index (χ3n) is 7.62. The van der Waals surface area contributed by atoms with E-state index in [1.54, 1.807) is 25.1 Å². The van der Waals surface area contributed by atoms with E-state index < -0.39 is 34.9 Å². The Kier molecular flexibility index (Phi) is 10.9. The summed E-state index contributed by atoms with van der Waals surface area (Å²) in [5.74, 6) is -1.60. The summed E-state index contributed by atoms with van der Waals surface area (Å²) in [6.45, 7) is 15.2. The molecule has 7 nitrogen and oxygen atoms in total. The molecule has 2 aromatic rings. The van der Waals surface area contributed by atoms with E-state index >= 15 is 0 Å². The molecule has 3 atom stereocenters. The van der Waals surface area contributed by atoms with Crippen LogP contribution in [-0.2, 0) is 19.8 Å². The monoisotopic (exact) mass is 549 g/mol. The van der Waals surface area contributed by atoms with Gasteiger partial charge in [0.25, 0.3) is 0 Å². The minimum atomic E-state index is -1.03. The van der Waals surface area contributed by atoms with E-state index in [9.17, 15) is 19.5 Å². The van der Waals surface area contributed by atoms with Crippen molar-refractivity contribution in [1.29, 1.82) is 0 Å². The Morgan fingerprint density at radius 2 is 1.48 bits per heavy atom. The largest absolute Gasteiger partial charge is 0.478 e. The van der Waals surface area contributed by atoms with Crippen LogP contribution in [0.4, 0.5) is 0 Å². The molecule has 0 saturated carbocycles. The van der Waals surface area contributed by atoms with Crippen LogP contribution in [0.5, 0.6) is 0 Å². The number of nitrogens with zero attached hydrogens (tertiary/aromatic N) is 1. The second-order valence-electron chi connectivity index (χ2n) is 12.5. The van der Waals surface area contributed by atoms with Gasteiger partial charge in [0.2, 0.25) is 11.8 Å². The van der Waals surface area contributed by atoms with Gasteiger partial charge in [0.15, 0.2) is 0 Å². The lowest BCUT2D eigenvalue weighted by atomic mass is 9.76. The number of hydrogen-bond acceptors (Lipinski definition) is 4. The number of likely N-dealkylation sites (N-methyl/N-ethyl adjacent to an activating group) is 2. The maximum atomic E-state index is 13.9. The third kappa shape index (κ3) is 7.81. The van der Waals surface area contributed by atoms with E-state index in [1.165, 1.54) is 6.92 Å². The van der Waals surface area contributed by atoms with Crippen molar-refractivity contribution in [3.8, 4) is 11.1 Å². The highest BCUT2D eigenvalue weighted by atomic mass is 16.4. The van der Waals surface area contributed by atoms with Crippen molar-refractivity contribution in [2.75, 3.05) is 14.1 Å². The number of nitrogens with one attached hydrogen (secondary N) is 2. The first-order valence-electron chi connectivity index (χ1n) is 13.8. The molecule has 0 fully saturated rings. The van der Waals surface area contributed by atoms with Gasteiger partial charge < -0.3 is 20.6 Å². The fourth-order valence-electron chi connectivity index (χ4n) is 5.02. The Balaban J connectivity index is 2.39. The minimum Gasteiger partial charge on any atom is -0.478 e. The van der Waals surface area contributed by atoms with Crippen LogP contribution < -0.4 is 10.6 Å². The molecule has 2 amide bonds. The van der Waals surface area contributed by atoms with Crippen LogP contribution in [0.15, 0.2) is 66.2 Å². The molecule has 0 saturated heterocycles. The van der Waals surface area contributed by atoms with Crippen molar-refractivity contribution in [3.63, 3.8) is 0 Å². The second kappa shape index (κ2) is 13.3. The molecule has 0 aromatic heterocycles. The molecule has 0 radical (unpaired) electrons. The van der Waals surface area contributed by atoms with Gasteiger partial charge in [0.1, 0.15) is 6.04 Å². The van der Waals surface area contributed by atoms with Crippen LogP contribution >= 0.6 is 0 Å². The second-order valence-corrected chi connectivity index (χ2v) is 12.5. The first-order valence-corrected chi connectivity index (χ1v) is 13.8. The van der Waals surface area contributed by atoms with Gasteiger partial charge in [0.05, 0.1) is 12.1 Å². The summed E-state index contributed by atoms with van der Waals surface area (Å²) in [6.07, 6.45) is 1.60. The van der Waals surface area contributed by atoms with Crippen LogP contribution in [0.1, 0.15) is 61.0 Å². The van der Waals surface area contributed by atoms with E-state index in [4.69, 9.17) is 0 Å². The molecule has 0 aliphatic carbocycles. The zero-order chi connectivity index (χ0) is 30.4. The molecule has 2 aromatic carbocycles. The Bertz CT molecular complexity index is 1210. The van der Waals surface area contributed by atoms with Crippen molar-refractivity contribution in [2.45, 2.75) is 78.9 Å². The van der Waals surface area contributed by atoms with E-state index in [0.717, 1.165) is 16.7 Å². The topological polar surface area (TPSA) is 98.7 Å². The Labute approximate surface area is 240 Å². The Morgan fingerprint density at radius 3 is 1.98 bits per heavy atom. The van der Waals surface area contributed by atoms with Gasteiger partial charge in [0, 0.05) is 18.0 Å². The quantitative estimate of drug-likeness (QED) is 0.332. The van der Waals surface area contributed by atoms with Crippen molar-refractivity contribution in [1.82, 2.24) is 15.5 Å². The standard InChI is InChI=1S/C33H47N3O4/c1-21(2)26(19-22(3)31(39)40)36(10)30(38)28(32(4,5)6)35-29(37)27(34-9)33(7,8)25-18-14-17-24(20-25)23-15-12-11-13-16-23/h11-21,26-28,34H,1-10H3,(H,35,37)(H,39,40)/t26-,27-,28-/m1/s1. The summed E-state index contributed by atoms with van der Waals surface area (Å²) < 4.78 is 0.